The largest absolute Gasteiger partial charge is 0.438 e. The number of carbonyl (C=O) groups excluding carboxylic acids is 3. The van der Waals surface area contributed by atoms with E-state index in [9.17, 15) is 14.4 Å². The minimum absolute atomic E-state index is 0.0674. The zero-order chi connectivity index (χ0) is 26.0. The predicted octanol–water partition coefficient (Wildman–Crippen LogP) is 4.24. The Morgan fingerprint density at radius 3 is 2.65 bits per heavy atom. The monoisotopic (exact) mass is 499 g/mol. The number of para-hydroxylation sites is 2. The first-order chi connectivity index (χ1) is 17.9. The van der Waals surface area contributed by atoms with Crippen LogP contribution in [0, 0.1) is 0 Å². The first kappa shape index (κ1) is 24.8. The molecule has 5 rings (SSSR count). The summed E-state index contributed by atoms with van der Waals surface area (Å²) < 4.78 is 10.7. The molecule has 2 heterocycles. The van der Waals surface area contributed by atoms with Crippen LogP contribution in [0.1, 0.15) is 49.5 Å². The Labute approximate surface area is 215 Å². The molecule has 1 aromatic carbocycles. The Balaban J connectivity index is 1.46. The van der Waals surface area contributed by atoms with Crippen LogP contribution in [0.5, 0.6) is 0 Å². The van der Waals surface area contributed by atoms with Crippen LogP contribution in [0.2, 0.25) is 0 Å². The van der Waals surface area contributed by atoms with Crippen LogP contribution in [0.15, 0.2) is 77.8 Å². The SMILES string of the molecule is COC/C=C/C1=CC2=CC(=O)C(C)(OC(=O)c3cnc4ccccc4n3)C(=O)C2=CN1C1CCCCC1. The molecule has 8 heteroatoms. The van der Waals surface area contributed by atoms with Gasteiger partial charge < -0.3 is 14.4 Å². The van der Waals surface area contributed by atoms with Crippen molar-refractivity contribution >= 4 is 28.6 Å². The van der Waals surface area contributed by atoms with Gasteiger partial charge in [0.05, 0.1) is 23.8 Å². The van der Waals surface area contributed by atoms with Gasteiger partial charge in [0.15, 0.2) is 5.69 Å². The first-order valence-corrected chi connectivity index (χ1v) is 12.5. The molecule has 1 aliphatic heterocycles. The molecule has 0 radical (unpaired) electrons. The summed E-state index contributed by atoms with van der Waals surface area (Å²) in [6.45, 7) is 1.80. The second-order valence-electron chi connectivity index (χ2n) is 9.63. The number of Topliss-reactive ketones (excluding diaryl/α,β-unsaturated/α-hetero) is 1. The topological polar surface area (TPSA) is 98.7 Å². The van der Waals surface area contributed by atoms with E-state index in [1.165, 1.54) is 25.6 Å². The fourth-order valence-electron chi connectivity index (χ4n) is 5.02. The van der Waals surface area contributed by atoms with Crippen molar-refractivity contribution in [3.05, 3.63) is 83.5 Å². The minimum Gasteiger partial charge on any atom is -0.438 e. The van der Waals surface area contributed by atoms with E-state index in [0.717, 1.165) is 31.4 Å². The molecule has 1 saturated carbocycles. The molecule has 1 atom stereocenters. The van der Waals surface area contributed by atoms with E-state index in [4.69, 9.17) is 9.47 Å². The van der Waals surface area contributed by atoms with Gasteiger partial charge in [0.1, 0.15) is 0 Å². The van der Waals surface area contributed by atoms with Gasteiger partial charge in [-0.15, -0.1) is 0 Å². The van der Waals surface area contributed by atoms with Crippen molar-refractivity contribution < 1.29 is 23.9 Å². The van der Waals surface area contributed by atoms with Crippen LogP contribution in [-0.2, 0) is 19.1 Å². The lowest BCUT2D eigenvalue weighted by Crippen LogP contribution is -2.51. The molecule has 0 amide bonds. The van der Waals surface area contributed by atoms with Gasteiger partial charge >= 0.3 is 5.97 Å². The number of aromatic nitrogens is 2. The number of esters is 1. The van der Waals surface area contributed by atoms with Crippen LogP contribution < -0.4 is 0 Å². The minimum atomic E-state index is -1.99. The highest BCUT2D eigenvalue weighted by atomic mass is 16.6. The number of allylic oxidation sites excluding steroid dienone is 3. The number of fused-ring (bicyclic) bond motifs is 2. The van der Waals surface area contributed by atoms with Crippen LogP contribution in [-0.4, -0.2) is 57.8 Å². The third-order valence-corrected chi connectivity index (χ3v) is 7.09. The average molecular weight is 500 g/mol. The Hall–Kier alpha value is -3.91. The number of rotatable bonds is 6. The smallest absolute Gasteiger partial charge is 0.360 e. The number of hydrogen-bond donors (Lipinski definition) is 0. The number of methoxy groups -OCH3 is 1. The fraction of sp³-hybridized carbons (Fsp3) is 0.345. The molecular weight excluding hydrogens is 470 g/mol. The van der Waals surface area contributed by atoms with Crippen molar-refractivity contribution in [2.45, 2.75) is 50.7 Å². The summed E-state index contributed by atoms with van der Waals surface area (Å²) in [7, 11) is 1.63. The van der Waals surface area contributed by atoms with Crippen molar-refractivity contribution in [1.82, 2.24) is 14.9 Å². The van der Waals surface area contributed by atoms with Crippen LogP contribution in [0.25, 0.3) is 11.0 Å². The number of nitrogens with zero attached hydrogens (tertiary/aromatic N) is 3. The van der Waals surface area contributed by atoms with E-state index >= 15 is 0 Å². The maximum atomic E-state index is 13.7. The molecule has 0 N–H and O–H groups in total. The third kappa shape index (κ3) is 4.76. The van der Waals surface area contributed by atoms with Gasteiger partial charge in [-0.1, -0.05) is 37.5 Å². The molecule has 0 saturated heterocycles. The quantitative estimate of drug-likeness (QED) is 0.430. The van der Waals surface area contributed by atoms with E-state index in [0.29, 0.717) is 28.8 Å². The number of ether oxygens (including phenoxy) is 2. The van der Waals surface area contributed by atoms with Crippen molar-refractivity contribution in [3.63, 3.8) is 0 Å². The molecule has 37 heavy (non-hydrogen) atoms. The zero-order valence-electron chi connectivity index (χ0n) is 21.0. The maximum absolute atomic E-state index is 13.7. The Bertz CT molecular complexity index is 1380. The molecule has 2 aliphatic carbocycles. The summed E-state index contributed by atoms with van der Waals surface area (Å²) in [4.78, 5) is 50.6. The van der Waals surface area contributed by atoms with Crippen molar-refractivity contribution in [2.75, 3.05) is 13.7 Å². The van der Waals surface area contributed by atoms with Gasteiger partial charge in [-0.25, -0.2) is 9.78 Å². The lowest BCUT2D eigenvalue weighted by molar-refractivity contribution is -0.145. The normalized spacial score (nSPS) is 22.5. The Kier molecular flexibility index (Phi) is 6.84. The van der Waals surface area contributed by atoms with E-state index < -0.39 is 23.1 Å². The molecule has 8 nitrogen and oxygen atoms in total. The van der Waals surface area contributed by atoms with Gasteiger partial charge in [0.25, 0.3) is 0 Å². The van der Waals surface area contributed by atoms with E-state index in [-0.39, 0.29) is 11.7 Å². The first-order valence-electron chi connectivity index (χ1n) is 12.5. The molecule has 0 bridgehead atoms. The van der Waals surface area contributed by atoms with E-state index in [1.807, 2.05) is 30.5 Å². The van der Waals surface area contributed by atoms with Crippen molar-refractivity contribution in [2.24, 2.45) is 0 Å². The Morgan fingerprint density at radius 2 is 1.89 bits per heavy atom. The van der Waals surface area contributed by atoms with Crippen molar-refractivity contribution in [1.29, 1.82) is 0 Å². The zero-order valence-corrected chi connectivity index (χ0v) is 21.0. The summed E-state index contributed by atoms with van der Waals surface area (Å²) in [6, 6.07) is 7.35. The van der Waals surface area contributed by atoms with Crippen molar-refractivity contribution in [3.8, 4) is 0 Å². The van der Waals surface area contributed by atoms with E-state index in [2.05, 4.69) is 14.9 Å². The van der Waals surface area contributed by atoms with Gasteiger partial charge in [0, 0.05) is 30.6 Å². The van der Waals surface area contributed by atoms with Crippen LogP contribution >= 0.6 is 0 Å². The molecule has 190 valence electrons. The highest BCUT2D eigenvalue weighted by Crippen LogP contribution is 2.37. The standard InChI is InChI=1S/C29H29N3O5/c1-29(37-28(35)25-17-30-23-12-6-7-13-24(23)31-25)26(33)16-19-15-21(11-8-14-36-2)32(18-22(19)27(29)34)20-9-4-3-5-10-20/h6-8,11-13,15-18,20H,3-5,9-10,14H2,1-2H3/b11-8+. The van der Waals surface area contributed by atoms with E-state index in [1.54, 1.807) is 25.3 Å². The van der Waals surface area contributed by atoms with Crippen LogP contribution in [0.3, 0.4) is 0 Å². The predicted molar refractivity (Wildman–Crippen MR) is 137 cm³/mol. The lowest BCUT2D eigenvalue weighted by atomic mass is 9.79. The number of benzene rings is 1. The molecule has 3 aliphatic rings. The molecule has 1 fully saturated rings. The summed E-state index contributed by atoms with van der Waals surface area (Å²) in [5.74, 6) is -2.01. The summed E-state index contributed by atoms with van der Waals surface area (Å²) >= 11 is 0. The van der Waals surface area contributed by atoms with Gasteiger partial charge in [-0.3, -0.25) is 14.6 Å². The highest BCUT2D eigenvalue weighted by molar-refractivity contribution is 6.26. The summed E-state index contributed by atoms with van der Waals surface area (Å²) in [6.07, 6.45) is 15.7. The highest BCUT2D eigenvalue weighted by Gasteiger charge is 2.50. The van der Waals surface area contributed by atoms with Crippen LogP contribution in [0.4, 0.5) is 0 Å². The molecule has 0 spiro atoms. The van der Waals surface area contributed by atoms with Gasteiger partial charge in [0.2, 0.25) is 17.2 Å². The number of hydrogen-bond acceptors (Lipinski definition) is 8. The second kappa shape index (κ2) is 10.2. The molecule has 1 aromatic heterocycles. The summed E-state index contributed by atoms with van der Waals surface area (Å²) in [5.41, 5.74) is 0.846. The third-order valence-electron chi connectivity index (χ3n) is 7.09. The Morgan fingerprint density at radius 1 is 1.14 bits per heavy atom. The number of ketones is 2. The number of carbonyl (C=O) groups is 3. The molecule has 2 aromatic rings. The van der Waals surface area contributed by atoms with Gasteiger partial charge in [-0.05, 0) is 55.7 Å². The summed E-state index contributed by atoms with van der Waals surface area (Å²) in [5, 5.41) is 0. The molecular formula is C29H29N3O5. The van der Waals surface area contributed by atoms with Gasteiger partial charge in [-0.2, -0.15) is 0 Å². The fourth-order valence-corrected chi connectivity index (χ4v) is 5.02. The molecule has 1 unspecified atom stereocenters. The lowest BCUT2D eigenvalue weighted by Gasteiger charge is -2.39. The maximum Gasteiger partial charge on any atom is 0.360 e. The average Bonchev–Trinajstić information content (AvgIpc) is 2.92. The second-order valence-corrected chi connectivity index (χ2v) is 9.63.